The van der Waals surface area contributed by atoms with Crippen molar-refractivity contribution in [3.8, 4) is 0 Å². The van der Waals surface area contributed by atoms with Gasteiger partial charge in [0.2, 0.25) is 0 Å². The van der Waals surface area contributed by atoms with Crippen LogP contribution in [0.5, 0.6) is 0 Å². The first-order valence-electron chi connectivity index (χ1n) is 9.26. The van der Waals surface area contributed by atoms with Crippen molar-refractivity contribution >= 4 is 0 Å². The molecule has 0 heterocycles. The standard InChI is InChI=1S/C22H32O/c1-3-5-7-17-23-18-20-11-15-22(16-12-20)21-13-9-19(10-14-21)8-6-4-2/h4-7,11-12,15-16,19,21H,3,8-10,13-14,17-18H2,1-2H3/b6-4+,7-5?. The van der Waals surface area contributed by atoms with E-state index in [0.717, 1.165) is 18.3 Å². The van der Waals surface area contributed by atoms with Gasteiger partial charge in [-0.05, 0) is 68.4 Å². The zero-order valence-electron chi connectivity index (χ0n) is 14.8. The monoisotopic (exact) mass is 312 g/mol. The van der Waals surface area contributed by atoms with Crippen molar-refractivity contribution in [3.05, 3.63) is 59.7 Å². The van der Waals surface area contributed by atoms with Crippen molar-refractivity contribution in [3.63, 3.8) is 0 Å². The van der Waals surface area contributed by atoms with Crippen LogP contribution in [0.2, 0.25) is 0 Å². The Morgan fingerprint density at radius 2 is 1.74 bits per heavy atom. The largest absolute Gasteiger partial charge is 0.373 e. The van der Waals surface area contributed by atoms with Gasteiger partial charge in [0.05, 0.1) is 13.2 Å². The SMILES string of the molecule is C/C=C/CC1CCC(c2ccc(COCC=CCC)cc2)CC1. The zero-order valence-corrected chi connectivity index (χ0v) is 14.8. The van der Waals surface area contributed by atoms with Gasteiger partial charge in [0.25, 0.3) is 0 Å². The Kier molecular flexibility index (Phi) is 8.17. The van der Waals surface area contributed by atoms with Crippen LogP contribution in [0.4, 0.5) is 0 Å². The molecule has 0 spiro atoms. The molecule has 0 saturated heterocycles. The van der Waals surface area contributed by atoms with Crippen molar-refractivity contribution in [1.29, 1.82) is 0 Å². The van der Waals surface area contributed by atoms with E-state index < -0.39 is 0 Å². The minimum absolute atomic E-state index is 0.713. The molecule has 2 rings (SSSR count). The maximum Gasteiger partial charge on any atom is 0.0721 e. The second kappa shape index (κ2) is 10.4. The number of rotatable bonds is 8. The molecule has 0 atom stereocenters. The van der Waals surface area contributed by atoms with Crippen LogP contribution in [0.3, 0.4) is 0 Å². The van der Waals surface area contributed by atoms with E-state index in [2.05, 4.69) is 62.4 Å². The summed E-state index contributed by atoms with van der Waals surface area (Å²) < 4.78 is 5.67. The Labute approximate surface area is 142 Å². The number of allylic oxidation sites excluding steroid dienone is 3. The first-order valence-corrected chi connectivity index (χ1v) is 9.26. The predicted octanol–water partition coefficient (Wildman–Crippen LogP) is 6.41. The van der Waals surface area contributed by atoms with E-state index in [1.54, 1.807) is 0 Å². The van der Waals surface area contributed by atoms with Crippen molar-refractivity contribution in [2.24, 2.45) is 5.92 Å². The summed E-state index contributed by atoms with van der Waals surface area (Å²) in [6.07, 6.45) is 16.6. The van der Waals surface area contributed by atoms with E-state index >= 15 is 0 Å². The van der Waals surface area contributed by atoms with E-state index in [0.29, 0.717) is 13.2 Å². The van der Waals surface area contributed by atoms with Gasteiger partial charge in [-0.1, -0.05) is 55.5 Å². The molecule has 1 saturated carbocycles. The minimum atomic E-state index is 0.713. The summed E-state index contributed by atoms with van der Waals surface area (Å²) in [4.78, 5) is 0. The zero-order chi connectivity index (χ0) is 16.3. The lowest BCUT2D eigenvalue weighted by Crippen LogP contribution is -2.12. The van der Waals surface area contributed by atoms with Gasteiger partial charge in [0, 0.05) is 0 Å². The third-order valence-corrected chi connectivity index (χ3v) is 4.89. The number of hydrogen-bond donors (Lipinski definition) is 0. The van der Waals surface area contributed by atoms with Crippen LogP contribution in [0, 0.1) is 5.92 Å². The van der Waals surface area contributed by atoms with E-state index in [9.17, 15) is 0 Å². The van der Waals surface area contributed by atoms with E-state index in [1.807, 2.05) is 0 Å². The van der Waals surface area contributed by atoms with Crippen LogP contribution >= 0.6 is 0 Å². The first-order chi connectivity index (χ1) is 11.3. The molecule has 0 unspecified atom stereocenters. The second-order valence-corrected chi connectivity index (χ2v) is 6.66. The summed E-state index contributed by atoms with van der Waals surface area (Å²) in [5, 5.41) is 0. The molecule has 1 aliphatic carbocycles. The average molecular weight is 312 g/mol. The van der Waals surface area contributed by atoms with Gasteiger partial charge in [-0.3, -0.25) is 0 Å². The molecule has 0 aliphatic heterocycles. The molecule has 1 fully saturated rings. The Hall–Kier alpha value is -1.34. The molecule has 0 aromatic heterocycles. The van der Waals surface area contributed by atoms with Gasteiger partial charge in [0.1, 0.15) is 0 Å². The van der Waals surface area contributed by atoms with Gasteiger partial charge in [-0.2, -0.15) is 0 Å². The summed E-state index contributed by atoms with van der Waals surface area (Å²) >= 11 is 0. The van der Waals surface area contributed by atoms with Crippen LogP contribution in [0.15, 0.2) is 48.6 Å². The number of benzene rings is 1. The van der Waals surface area contributed by atoms with Gasteiger partial charge in [-0.15, -0.1) is 0 Å². The van der Waals surface area contributed by atoms with Crippen molar-refractivity contribution in [1.82, 2.24) is 0 Å². The van der Waals surface area contributed by atoms with E-state index in [1.165, 1.54) is 43.2 Å². The average Bonchev–Trinajstić information content (AvgIpc) is 2.61. The molecule has 23 heavy (non-hydrogen) atoms. The topological polar surface area (TPSA) is 9.23 Å². The molecule has 126 valence electrons. The van der Waals surface area contributed by atoms with Crippen molar-refractivity contribution < 1.29 is 4.74 Å². The molecular formula is C22H32O. The Morgan fingerprint density at radius 1 is 1.00 bits per heavy atom. The van der Waals surface area contributed by atoms with Crippen LogP contribution in [-0.4, -0.2) is 6.61 Å². The molecule has 0 N–H and O–H groups in total. The maximum atomic E-state index is 5.67. The summed E-state index contributed by atoms with van der Waals surface area (Å²) in [5.41, 5.74) is 2.80. The molecule has 1 aliphatic rings. The van der Waals surface area contributed by atoms with Crippen LogP contribution in [0.25, 0.3) is 0 Å². The molecule has 1 aromatic carbocycles. The van der Waals surface area contributed by atoms with Crippen LogP contribution in [0.1, 0.15) is 69.4 Å². The highest BCUT2D eigenvalue weighted by Crippen LogP contribution is 2.37. The highest BCUT2D eigenvalue weighted by atomic mass is 16.5. The normalized spacial score (nSPS) is 22.2. The summed E-state index contributed by atoms with van der Waals surface area (Å²) in [7, 11) is 0. The fourth-order valence-corrected chi connectivity index (χ4v) is 3.43. The van der Waals surface area contributed by atoms with Crippen molar-refractivity contribution in [2.45, 2.75) is 64.9 Å². The molecule has 1 heteroatoms. The fourth-order valence-electron chi connectivity index (χ4n) is 3.43. The number of hydrogen-bond acceptors (Lipinski definition) is 1. The molecule has 1 aromatic rings. The second-order valence-electron chi connectivity index (χ2n) is 6.66. The lowest BCUT2D eigenvalue weighted by molar-refractivity contribution is 0.148. The third-order valence-electron chi connectivity index (χ3n) is 4.89. The first kappa shape index (κ1) is 18.0. The van der Waals surface area contributed by atoms with Gasteiger partial charge in [-0.25, -0.2) is 0 Å². The molecule has 0 bridgehead atoms. The van der Waals surface area contributed by atoms with Crippen LogP contribution < -0.4 is 0 Å². The molecule has 0 radical (unpaired) electrons. The lowest BCUT2D eigenvalue weighted by atomic mass is 9.77. The quantitative estimate of drug-likeness (QED) is 0.398. The summed E-state index contributed by atoms with van der Waals surface area (Å²) in [6.45, 7) is 5.69. The van der Waals surface area contributed by atoms with E-state index in [-0.39, 0.29) is 0 Å². The Bertz CT molecular complexity index is 475. The van der Waals surface area contributed by atoms with Gasteiger partial charge >= 0.3 is 0 Å². The predicted molar refractivity (Wildman–Crippen MR) is 99.7 cm³/mol. The van der Waals surface area contributed by atoms with Gasteiger partial charge < -0.3 is 4.74 Å². The Balaban J connectivity index is 1.75. The lowest BCUT2D eigenvalue weighted by Gasteiger charge is -2.28. The summed E-state index contributed by atoms with van der Waals surface area (Å²) in [6, 6.07) is 9.12. The molecule has 0 amide bonds. The highest BCUT2D eigenvalue weighted by Gasteiger charge is 2.21. The number of ether oxygens (including phenoxy) is 1. The van der Waals surface area contributed by atoms with Crippen molar-refractivity contribution in [2.75, 3.05) is 6.61 Å². The smallest absolute Gasteiger partial charge is 0.0721 e. The fraction of sp³-hybridized carbons (Fsp3) is 0.545. The Morgan fingerprint density at radius 3 is 2.39 bits per heavy atom. The van der Waals surface area contributed by atoms with Crippen LogP contribution in [-0.2, 0) is 11.3 Å². The summed E-state index contributed by atoms with van der Waals surface area (Å²) in [5.74, 6) is 1.67. The molecule has 1 nitrogen and oxygen atoms in total. The minimum Gasteiger partial charge on any atom is -0.373 e. The van der Waals surface area contributed by atoms with E-state index in [4.69, 9.17) is 4.74 Å². The molecular weight excluding hydrogens is 280 g/mol. The third kappa shape index (κ3) is 6.35. The maximum absolute atomic E-state index is 5.67. The van der Waals surface area contributed by atoms with Gasteiger partial charge in [0.15, 0.2) is 0 Å². The highest BCUT2D eigenvalue weighted by molar-refractivity contribution is 5.25.